The second-order valence-corrected chi connectivity index (χ2v) is 6.04. The van der Waals surface area contributed by atoms with E-state index in [-0.39, 0.29) is 0 Å². The van der Waals surface area contributed by atoms with Gasteiger partial charge in [0.25, 0.3) is 0 Å². The van der Waals surface area contributed by atoms with E-state index in [1.54, 1.807) is 0 Å². The lowest BCUT2D eigenvalue weighted by atomic mass is 9.84. The number of hydrogen-bond donors (Lipinski definition) is 1. The lowest BCUT2D eigenvalue weighted by molar-refractivity contribution is 0.174. The molecule has 1 N–H and O–H groups in total. The molecular weight excluding hydrogens is 290 g/mol. The van der Waals surface area contributed by atoms with Crippen molar-refractivity contribution in [2.24, 2.45) is 0 Å². The molecule has 2 aliphatic heterocycles. The third-order valence-corrected chi connectivity index (χ3v) is 4.51. The molecule has 0 radical (unpaired) electrons. The van der Waals surface area contributed by atoms with Crippen LogP contribution in [0.2, 0.25) is 0 Å². The first-order valence-corrected chi connectivity index (χ1v) is 8.17. The van der Waals surface area contributed by atoms with Gasteiger partial charge in [0.15, 0.2) is 11.5 Å². The van der Waals surface area contributed by atoms with Crippen LogP contribution in [0.15, 0.2) is 30.3 Å². The molecule has 0 aromatic heterocycles. The average Bonchev–Trinajstić information content (AvgIpc) is 3.00. The number of rotatable bonds is 3. The average molecular weight is 311 g/mol. The molecule has 4 heteroatoms. The molecule has 0 aliphatic carbocycles. The molecule has 2 heterocycles. The van der Waals surface area contributed by atoms with Gasteiger partial charge >= 0.3 is 0 Å². The van der Waals surface area contributed by atoms with E-state index in [0.717, 1.165) is 35.9 Å². The second-order valence-electron chi connectivity index (χ2n) is 6.04. The Morgan fingerprint density at radius 3 is 2.78 bits per heavy atom. The van der Waals surface area contributed by atoms with Gasteiger partial charge in [0.2, 0.25) is 6.79 Å². The van der Waals surface area contributed by atoms with Gasteiger partial charge in [-0.05, 0) is 43.5 Å². The Balaban J connectivity index is 1.80. The van der Waals surface area contributed by atoms with Crippen molar-refractivity contribution in [2.75, 3.05) is 25.3 Å². The molecule has 0 fully saturated rings. The summed E-state index contributed by atoms with van der Waals surface area (Å²) >= 11 is 0. The summed E-state index contributed by atoms with van der Waals surface area (Å²) in [5, 5.41) is 3.48. The van der Waals surface area contributed by atoms with E-state index in [2.05, 4.69) is 42.6 Å². The minimum Gasteiger partial charge on any atom is -0.494 e. The topological polar surface area (TPSA) is 39.7 Å². The Hall–Kier alpha value is -2.36. The van der Waals surface area contributed by atoms with Crippen LogP contribution in [0.5, 0.6) is 17.2 Å². The standard InChI is InChI=1S/C19H21NO3/c1-3-21-17-8-12(2)4-5-14(17)13-6-7-20-16-10-19-18(9-15(13)16)22-11-23-19/h4-5,8-10,13,20H,3,6-7,11H2,1-2H3. The van der Waals surface area contributed by atoms with Crippen molar-refractivity contribution in [2.45, 2.75) is 26.2 Å². The van der Waals surface area contributed by atoms with Gasteiger partial charge in [0.1, 0.15) is 5.75 Å². The molecule has 120 valence electrons. The monoisotopic (exact) mass is 311 g/mol. The number of aryl methyl sites for hydroxylation is 1. The molecular formula is C19H21NO3. The summed E-state index contributed by atoms with van der Waals surface area (Å²) in [7, 11) is 0. The Labute approximate surface area is 136 Å². The molecule has 2 aliphatic rings. The smallest absolute Gasteiger partial charge is 0.231 e. The van der Waals surface area contributed by atoms with Gasteiger partial charge in [-0.15, -0.1) is 0 Å². The van der Waals surface area contributed by atoms with Crippen molar-refractivity contribution in [3.63, 3.8) is 0 Å². The number of fused-ring (bicyclic) bond motifs is 2. The van der Waals surface area contributed by atoms with Crippen LogP contribution >= 0.6 is 0 Å². The van der Waals surface area contributed by atoms with Crippen LogP contribution in [0.25, 0.3) is 0 Å². The fourth-order valence-corrected chi connectivity index (χ4v) is 3.44. The molecule has 23 heavy (non-hydrogen) atoms. The van der Waals surface area contributed by atoms with E-state index in [1.165, 1.54) is 16.7 Å². The molecule has 2 aromatic rings. The normalized spacial score (nSPS) is 18.3. The molecule has 4 nitrogen and oxygen atoms in total. The Morgan fingerprint density at radius 2 is 1.96 bits per heavy atom. The van der Waals surface area contributed by atoms with Crippen LogP contribution in [-0.4, -0.2) is 19.9 Å². The fourth-order valence-electron chi connectivity index (χ4n) is 3.44. The van der Waals surface area contributed by atoms with Crippen LogP contribution < -0.4 is 19.5 Å². The lowest BCUT2D eigenvalue weighted by Gasteiger charge is -2.28. The zero-order valence-electron chi connectivity index (χ0n) is 13.5. The Morgan fingerprint density at radius 1 is 1.13 bits per heavy atom. The van der Waals surface area contributed by atoms with Crippen molar-refractivity contribution in [3.05, 3.63) is 47.0 Å². The summed E-state index contributed by atoms with van der Waals surface area (Å²) in [5.74, 6) is 2.96. The van der Waals surface area contributed by atoms with E-state index >= 15 is 0 Å². The molecule has 0 amide bonds. The second kappa shape index (κ2) is 5.69. The van der Waals surface area contributed by atoms with Crippen LogP contribution in [0.1, 0.15) is 36.0 Å². The van der Waals surface area contributed by atoms with Crippen LogP contribution in [0.3, 0.4) is 0 Å². The van der Waals surface area contributed by atoms with E-state index in [1.807, 2.05) is 6.92 Å². The van der Waals surface area contributed by atoms with E-state index in [0.29, 0.717) is 19.3 Å². The van der Waals surface area contributed by atoms with Gasteiger partial charge in [0.05, 0.1) is 6.61 Å². The number of nitrogens with one attached hydrogen (secondary N) is 1. The van der Waals surface area contributed by atoms with Gasteiger partial charge in [-0.3, -0.25) is 0 Å². The van der Waals surface area contributed by atoms with Crippen molar-refractivity contribution in [1.29, 1.82) is 0 Å². The molecule has 2 aromatic carbocycles. The maximum atomic E-state index is 5.90. The number of anilines is 1. The highest BCUT2D eigenvalue weighted by Gasteiger charge is 2.28. The summed E-state index contributed by atoms with van der Waals surface area (Å²) in [5.41, 5.74) is 4.86. The summed E-state index contributed by atoms with van der Waals surface area (Å²) < 4.78 is 17.0. The maximum absolute atomic E-state index is 5.90. The Kier molecular flexibility index (Phi) is 3.52. The molecule has 1 unspecified atom stereocenters. The maximum Gasteiger partial charge on any atom is 0.231 e. The first-order chi connectivity index (χ1) is 11.3. The molecule has 0 saturated heterocycles. The third-order valence-electron chi connectivity index (χ3n) is 4.51. The fraction of sp³-hybridized carbons (Fsp3) is 0.368. The van der Waals surface area contributed by atoms with Crippen molar-refractivity contribution in [1.82, 2.24) is 0 Å². The van der Waals surface area contributed by atoms with Gasteiger partial charge in [-0.25, -0.2) is 0 Å². The molecule has 0 saturated carbocycles. The zero-order chi connectivity index (χ0) is 15.8. The van der Waals surface area contributed by atoms with E-state index in [9.17, 15) is 0 Å². The summed E-state index contributed by atoms with van der Waals surface area (Å²) in [6.07, 6.45) is 1.04. The quantitative estimate of drug-likeness (QED) is 0.927. The molecule has 0 spiro atoms. The summed E-state index contributed by atoms with van der Waals surface area (Å²) in [6, 6.07) is 10.7. The first-order valence-electron chi connectivity index (χ1n) is 8.17. The van der Waals surface area contributed by atoms with Gasteiger partial charge in [-0.2, -0.15) is 0 Å². The minimum atomic E-state index is 0.303. The number of ether oxygens (including phenoxy) is 3. The van der Waals surface area contributed by atoms with Gasteiger partial charge < -0.3 is 19.5 Å². The third kappa shape index (κ3) is 2.48. The minimum absolute atomic E-state index is 0.303. The number of benzene rings is 2. The van der Waals surface area contributed by atoms with Crippen molar-refractivity contribution < 1.29 is 14.2 Å². The van der Waals surface area contributed by atoms with Crippen molar-refractivity contribution in [3.8, 4) is 17.2 Å². The Bertz CT molecular complexity index is 742. The molecule has 4 rings (SSSR count). The van der Waals surface area contributed by atoms with Gasteiger partial charge in [0, 0.05) is 29.8 Å². The van der Waals surface area contributed by atoms with Gasteiger partial charge in [-0.1, -0.05) is 12.1 Å². The van der Waals surface area contributed by atoms with Crippen LogP contribution in [-0.2, 0) is 0 Å². The summed E-state index contributed by atoms with van der Waals surface area (Å²) in [6.45, 7) is 6.05. The van der Waals surface area contributed by atoms with Crippen LogP contribution in [0, 0.1) is 6.92 Å². The highest BCUT2D eigenvalue weighted by atomic mass is 16.7. The van der Waals surface area contributed by atoms with Crippen LogP contribution in [0.4, 0.5) is 5.69 Å². The number of hydrogen-bond acceptors (Lipinski definition) is 4. The SMILES string of the molecule is CCOc1cc(C)ccc1C1CCNc2cc3c(cc21)OCO3. The van der Waals surface area contributed by atoms with E-state index in [4.69, 9.17) is 14.2 Å². The highest BCUT2D eigenvalue weighted by Crippen LogP contribution is 2.46. The molecule has 0 bridgehead atoms. The summed E-state index contributed by atoms with van der Waals surface area (Å²) in [4.78, 5) is 0. The van der Waals surface area contributed by atoms with Crippen molar-refractivity contribution >= 4 is 5.69 Å². The first kappa shape index (κ1) is 14.2. The zero-order valence-corrected chi connectivity index (χ0v) is 13.5. The lowest BCUT2D eigenvalue weighted by Crippen LogP contribution is -2.18. The largest absolute Gasteiger partial charge is 0.494 e. The highest BCUT2D eigenvalue weighted by molar-refractivity contribution is 5.66. The molecule has 1 atom stereocenters. The predicted octanol–water partition coefficient (Wildman–Crippen LogP) is 4.07. The predicted molar refractivity (Wildman–Crippen MR) is 89.9 cm³/mol. The van der Waals surface area contributed by atoms with E-state index < -0.39 is 0 Å².